The fourth-order valence-electron chi connectivity index (χ4n) is 4.40. The predicted molar refractivity (Wildman–Crippen MR) is 95.4 cm³/mol. The summed E-state index contributed by atoms with van der Waals surface area (Å²) in [6.45, 7) is 2.46. The van der Waals surface area contributed by atoms with E-state index in [9.17, 15) is 0 Å². The molecule has 2 aliphatic rings. The van der Waals surface area contributed by atoms with Crippen molar-refractivity contribution in [2.75, 3.05) is 20.1 Å². The Morgan fingerprint density at radius 2 is 1.73 bits per heavy atom. The number of nitrogens with zero attached hydrogens (tertiary/aromatic N) is 1. The molecule has 3 unspecified atom stereocenters. The molecule has 4 rings (SSSR count). The van der Waals surface area contributed by atoms with Crippen LogP contribution in [0.2, 0.25) is 0 Å². The lowest BCUT2D eigenvalue weighted by atomic mass is 9.66. The third kappa shape index (κ3) is 2.53. The van der Waals surface area contributed by atoms with E-state index in [1.807, 2.05) is 0 Å². The second-order valence-corrected chi connectivity index (χ2v) is 7.80. The van der Waals surface area contributed by atoms with Gasteiger partial charge in [-0.15, -0.1) is 0 Å². The zero-order chi connectivity index (χ0) is 15.1. The highest BCUT2D eigenvalue weighted by atomic mass is 79.9. The fourth-order valence-corrected chi connectivity index (χ4v) is 4.67. The molecular formula is C20H22BrN. The first-order valence-electron chi connectivity index (χ1n) is 8.25. The minimum absolute atomic E-state index is 0.564. The van der Waals surface area contributed by atoms with Gasteiger partial charge in [0.05, 0.1) is 0 Å². The van der Waals surface area contributed by atoms with Gasteiger partial charge >= 0.3 is 0 Å². The highest BCUT2D eigenvalue weighted by Crippen LogP contribution is 2.48. The maximum Gasteiger partial charge on any atom is 0.0175 e. The van der Waals surface area contributed by atoms with Crippen molar-refractivity contribution >= 4 is 15.9 Å². The molecule has 0 N–H and O–H groups in total. The van der Waals surface area contributed by atoms with Gasteiger partial charge in [-0.25, -0.2) is 0 Å². The van der Waals surface area contributed by atoms with Crippen molar-refractivity contribution in [1.29, 1.82) is 0 Å². The van der Waals surface area contributed by atoms with Crippen LogP contribution in [-0.4, -0.2) is 25.0 Å². The lowest BCUT2D eigenvalue weighted by Gasteiger charge is -2.44. The largest absolute Gasteiger partial charge is 0.306 e. The van der Waals surface area contributed by atoms with E-state index in [1.54, 1.807) is 11.1 Å². The van der Waals surface area contributed by atoms with Crippen molar-refractivity contribution in [3.63, 3.8) is 0 Å². The summed E-state index contributed by atoms with van der Waals surface area (Å²) in [7, 11) is 2.26. The topological polar surface area (TPSA) is 3.24 Å². The van der Waals surface area contributed by atoms with Crippen LogP contribution in [0.25, 0.3) is 0 Å². The van der Waals surface area contributed by atoms with E-state index in [0.717, 1.165) is 16.3 Å². The predicted octanol–water partition coefficient (Wildman–Crippen LogP) is 5.02. The van der Waals surface area contributed by atoms with Crippen molar-refractivity contribution in [1.82, 2.24) is 4.90 Å². The molecular weight excluding hydrogens is 334 g/mol. The zero-order valence-electron chi connectivity index (χ0n) is 13.0. The van der Waals surface area contributed by atoms with Crippen LogP contribution in [0.3, 0.4) is 0 Å². The van der Waals surface area contributed by atoms with Crippen LogP contribution >= 0.6 is 15.9 Å². The van der Waals surface area contributed by atoms with Crippen molar-refractivity contribution < 1.29 is 0 Å². The molecule has 1 nitrogen and oxygen atoms in total. The fraction of sp³-hybridized carbons (Fsp3) is 0.400. The first-order chi connectivity index (χ1) is 10.7. The van der Waals surface area contributed by atoms with E-state index >= 15 is 0 Å². The van der Waals surface area contributed by atoms with Crippen molar-refractivity contribution in [2.45, 2.75) is 24.7 Å². The Hall–Kier alpha value is -1.12. The van der Waals surface area contributed by atoms with E-state index in [1.165, 1.54) is 31.5 Å². The van der Waals surface area contributed by atoms with Crippen molar-refractivity contribution in [2.24, 2.45) is 5.92 Å². The molecule has 1 aliphatic carbocycles. The van der Waals surface area contributed by atoms with Gasteiger partial charge in [0.1, 0.15) is 0 Å². The Labute approximate surface area is 141 Å². The number of hydrogen-bond acceptors (Lipinski definition) is 1. The summed E-state index contributed by atoms with van der Waals surface area (Å²) in [6, 6.07) is 18.1. The average molecular weight is 356 g/mol. The Bertz CT molecular complexity index is 664. The van der Waals surface area contributed by atoms with Crippen LogP contribution in [0, 0.1) is 5.92 Å². The van der Waals surface area contributed by atoms with E-state index < -0.39 is 0 Å². The molecule has 1 heterocycles. The van der Waals surface area contributed by atoms with Crippen LogP contribution in [0.1, 0.15) is 41.4 Å². The summed E-state index contributed by atoms with van der Waals surface area (Å²) < 4.78 is 1.16. The minimum Gasteiger partial charge on any atom is -0.306 e. The number of likely N-dealkylation sites (tertiary alicyclic amines) is 1. The number of likely N-dealkylation sites (N-methyl/N-ethyl adjacent to an activating group) is 1. The number of benzene rings is 2. The Balaban J connectivity index is 1.77. The molecule has 0 amide bonds. The molecule has 2 heteroatoms. The van der Waals surface area contributed by atoms with E-state index in [-0.39, 0.29) is 0 Å². The maximum atomic E-state index is 3.56. The Morgan fingerprint density at radius 3 is 2.50 bits per heavy atom. The van der Waals surface area contributed by atoms with Crippen LogP contribution in [-0.2, 0) is 0 Å². The molecule has 0 aromatic heterocycles. The van der Waals surface area contributed by atoms with Gasteiger partial charge in [0.25, 0.3) is 0 Å². The van der Waals surface area contributed by atoms with Crippen LogP contribution in [0.15, 0.2) is 53.0 Å². The normalized spacial score (nSPS) is 28.0. The van der Waals surface area contributed by atoms with Gasteiger partial charge in [-0.3, -0.25) is 0 Å². The number of hydrogen-bond donors (Lipinski definition) is 0. The first-order valence-corrected chi connectivity index (χ1v) is 9.04. The molecule has 1 saturated heterocycles. The SMILES string of the molecule is CN1CCC2CC(c3ccc(Br)cc3)c3ccccc3C2C1. The molecule has 1 fully saturated rings. The third-order valence-electron chi connectivity index (χ3n) is 5.54. The minimum atomic E-state index is 0.564. The number of rotatable bonds is 1. The van der Waals surface area contributed by atoms with Crippen molar-refractivity contribution in [3.05, 3.63) is 69.7 Å². The summed E-state index contributed by atoms with van der Waals surface area (Å²) in [5.41, 5.74) is 4.62. The van der Waals surface area contributed by atoms with Gasteiger partial charge in [0, 0.05) is 16.9 Å². The highest BCUT2D eigenvalue weighted by Gasteiger charge is 2.37. The molecule has 0 saturated carbocycles. The molecule has 0 bridgehead atoms. The van der Waals surface area contributed by atoms with E-state index in [0.29, 0.717) is 5.92 Å². The molecule has 0 radical (unpaired) electrons. The molecule has 22 heavy (non-hydrogen) atoms. The van der Waals surface area contributed by atoms with Gasteiger partial charge in [-0.2, -0.15) is 0 Å². The monoisotopic (exact) mass is 355 g/mol. The quantitative estimate of drug-likeness (QED) is 0.694. The number of fused-ring (bicyclic) bond motifs is 3. The highest BCUT2D eigenvalue weighted by molar-refractivity contribution is 9.10. The summed E-state index contributed by atoms with van der Waals surface area (Å²) in [5, 5.41) is 0. The molecule has 2 aromatic rings. The Morgan fingerprint density at radius 1 is 1.00 bits per heavy atom. The zero-order valence-corrected chi connectivity index (χ0v) is 14.6. The van der Waals surface area contributed by atoms with Gasteiger partial charge in [-0.05, 0) is 67.1 Å². The average Bonchev–Trinajstić information content (AvgIpc) is 2.55. The lowest BCUT2D eigenvalue weighted by Crippen LogP contribution is -2.40. The van der Waals surface area contributed by atoms with Crippen LogP contribution in [0.5, 0.6) is 0 Å². The Kier molecular flexibility index (Phi) is 3.83. The lowest BCUT2D eigenvalue weighted by molar-refractivity contribution is 0.169. The van der Waals surface area contributed by atoms with Gasteiger partial charge in [0.15, 0.2) is 0 Å². The number of halogens is 1. The molecule has 114 valence electrons. The number of piperidine rings is 1. The summed E-state index contributed by atoms with van der Waals surface area (Å²) >= 11 is 3.56. The molecule has 1 aliphatic heterocycles. The smallest absolute Gasteiger partial charge is 0.0175 e. The standard InChI is InChI=1S/C20H22BrN/c1-22-11-10-15-12-19(14-6-8-16(21)9-7-14)17-4-2-3-5-18(17)20(15)13-22/h2-9,15,19-20H,10-13H2,1H3. The maximum absolute atomic E-state index is 3.56. The molecule has 0 spiro atoms. The van der Waals surface area contributed by atoms with E-state index in [4.69, 9.17) is 0 Å². The summed E-state index contributed by atoms with van der Waals surface area (Å²) in [5.74, 6) is 2.12. The van der Waals surface area contributed by atoms with Crippen LogP contribution < -0.4 is 0 Å². The van der Waals surface area contributed by atoms with Gasteiger partial charge in [-0.1, -0.05) is 52.3 Å². The first kappa shape index (κ1) is 14.5. The molecule has 3 atom stereocenters. The summed E-state index contributed by atoms with van der Waals surface area (Å²) in [4.78, 5) is 2.50. The second kappa shape index (κ2) is 5.82. The summed E-state index contributed by atoms with van der Waals surface area (Å²) in [6.07, 6.45) is 2.64. The van der Waals surface area contributed by atoms with Gasteiger partial charge < -0.3 is 4.90 Å². The van der Waals surface area contributed by atoms with Crippen LogP contribution in [0.4, 0.5) is 0 Å². The third-order valence-corrected chi connectivity index (χ3v) is 6.07. The van der Waals surface area contributed by atoms with Crippen molar-refractivity contribution in [3.8, 4) is 0 Å². The van der Waals surface area contributed by atoms with E-state index in [2.05, 4.69) is 76.4 Å². The van der Waals surface area contributed by atoms with Gasteiger partial charge in [0.2, 0.25) is 0 Å². The molecule has 2 aromatic carbocycles. The second-order valence-electron chi connectivity index (χ2n) is 6.89.